The van der Waals surface area contributed by atoms with Crippen molar-refractivity contribution in [2.24, 2.45) is 11.7 Å². The first kappa shape index (κ1) is 23.9. The van der Waals surface area contributed by atoms with Gasteiger partial charge < -0.3 is 25.4 Å². The first-order valence-corrected chi connectivity index (χ1v) is 9.06. The van der Waals surface area contributed by atoms with E-state index in [0.717, 1.165) is 43.9 Å². The summed E-state index contributed by atoms with van der Waals surface area (Å²) < 4.78 is 10.9. The van der Waals surface area contributed by atoms with E-state index < -0.39 is 6.04 Å². The van der Waals surface area contributed by atoms with Gasteiger partial charge in [0, 0.05) is 39.0 Å². The number of nitrogens with two attached hydrogens (primary N) is 1. The van der Waals surface area contributed by atoms with Gasteiger partial charge in [-0.1, -0.05) is 6.07 Å². The lowest BCUT2D eigenvalue weighted by atomic mass is 9.92. The quantitative estimate of drug-likeness (QED) is 0.750. The first-order chi connectivity index (χ1) is 12.1. The highest BCUT2D eigenvalue weighted by Crippen LogP contribution is 2.18. The van der Waals surface area contributed by atoms with Crippen molar-refractivity contribution < 1.29 is 14.3 Å². The zero-order valence-electron chi connectivity index (χ0n) is 15.6. The molecular formula is C18H30Cl2N4O3. The topological polar surface area (TPSA) is 89.7 Å². The van der Waals surface area contributed by atoms with Gasteiger partial charge in [-0.15, -0.1) is 24.8 Å². The van der Waals surface area contributed by atoms with Gasteiger partial charge in [0.2, 0.25) is 5.91 Å². The van der Waals surface area contributed by atoms with E-state index in [9.17, 15) is 4.79 Å². The lowest BCUT2D eigenvalue weighted by Crippen LogP contribution is -2.46. The van der Waals surface area contributed by atoms with Gasteiger partial charge in [0.25, 0.3) is 0 Å². The van der Waals surface area contributed by atoms with Crippen LogP contribution in [-0.4, -0.2) is 55.9 Å². The lowest BCUT2D eigenvalue weighted by Gasteiger charge is -2.32. The molecule has 3 N–H and O–H groups in total. The van der Waals surface area contributed by atoms with Crippen molar-refractivity contribution in [3.8, 4) is 0 Å². The largest absolute Gasteiger partial charge is 0.381 e. The molecule has 0 aliphatic carbocycles. The Balaban J connectivity index is 0.00000182. The van der Waals surface area contributed by atoms with Gasteiger partial charge in [-0.3, -0.25) is 4.79 Å². The Kier molecular flexibility index (Phi) is 10.3. The monoisotopic (exact) mass is 420 g/mol. The molecule has 2 saturated heterocycles. The van der Waals surface area contributed by atoms with Gasteiger partial charge in [-0.25, -0.2) is 4.98 Å². The SMILES string of the molecule is CC1CN(c2ccc(CNC(=O)C(N)C3CCOCC3)cn2)CCO1.Cl.Cl. The Labute approximate surface area is 173 Å². The molecule has 1 amide bonds. The molecule has 0 saturated carbocycles. The fourth-order valence-electron chi connectivity index (χ4n) is 3.33. The van der Waals surface area contributed by atoms with E-state index in [4.69, 9.17) is 15.2 Å². The van der Waals surface area contributed by atoms with Crippen LogP contribution >= 0.6 is 24.8 Å². The van der Waals surface area contributed by atoms with Gasteiger partial charge in [0.15, 0.2) is 0 Å². The number of hydrogen-bond donors (Lipinski definition) is 2. The fourth-order valence-corrected chi connectivity index (χ4v) is 3.33. The van der Waals surface area contributed by atoms with E-state index in [1.807, 2.05) is 18.3 Å². The molecule has 3 heterocycles. The minimum Gasteiger partial charge on any atom is -0.381 e. The molecule has 0 spiro atoms. The van der Waals surface area contributed by atoms with Crippen molar-refractivity contribution in [1.29, 1.82) is 0 Å². The zero-order chi connectivity index (χ0) is 17.6. The number of morpholine rings is 1. The third-order valence-corrected chi connectivity index (χ3v) is 4.92. The summed E-state index contributed by atoms with van der Waals surface area (Å²) in [4.78, 5) is 19.0. The van der Waals surface area contributed by atoms with Crippen LogP contribution in [0.2, 0.25) is 0 Å². The molecule has 1 aromatic rings. The van der Waals surface area contributed by atoms with E-state index in [-0.39, 0.29) is 42.7 Å². The smallest absolute Gasteiger partial charge is 0.237 e. The Morgan fingerprint density at radius 1 is 1.33 bits per heavy atom. The number of nitrogens with one attached hydrogen (secondary N) is 1. The fraction of sp³-hybridized carbons (Fsp3) is 0.667. The summed E-state index contributed by atoms with van der Waals surface area (Å²) in [6.07, 6.45) is 3.74. The van der Waals surface area contributed by atoms with Crippen LogP contribution in [0, 0.1) is 5.92 Å². The number of hydrogen-bond acceptors (Lipinski definition) is 6. The Bertz CT molecular complexity index is 570. The first-order valence-electron chi connectivity index (χ1n) is 9.06. The third-order valence-electron chi connectivity index (χ3n) is 4.92. The molecule has 0 aromatic carbocycles. The molecule has 9 heteroatoms. The second-order valence-corrected chi connectivity index (χ2v) is 6.85. The summed E-state index contributed by atoms with van der Waals surface area (Å²) in [5.74, 6) is 1.06. The lowest BCUT2D eigenvalue weighted by molar-refractivity contribution is -0.124. The van der Waals surface area contributed by atoms with E-state index in [1.165, 1.54) is 0 Å². The highest BCUT2D eigenvalue weighted by molar-refractivity contribution is 5.85. The van der Waals surface area contributed by atoms with Crippen molar-refractivity contribution in [3.05, 3.63) is 23.9 Å². The van der Waals surface area contributed by atoms with E-state index >= 15 is 0 Å². The number of rotatable bonds is 5. The van der Waals surface area contributed by atoms with Crippen LogP contribution in [0.3, 0.4) is 0 Å². The van der Waals surface area contributed by atoms with Gasteiger partial charge in [0.05, 0.1) is 18.8 Å². The predicted octanol–water partition coefficient (Wildman–Crippen LogP) is 1.52. The molecular weight excluding hydrogens is 391 g/mol. The molecule has 154 valence electrons. The number of ether oxygens (including phenoxy) is 2. The number of carbonyl (C=O) groups is 1. The molecule has 0 radical (unpaired) electrons. The van der Waals surface area contributed by atoms with Crippen LogP contribution in [0.1, 0.15) is 25.3 Å². The van der Waals surface area contributed by atoms with Crippen LogP contribution in [0.5, 0.6) is 0 Å². The van der Waals surface area contributed by atoms with Crippen LogP contribution in [0.15, 0.2) is 18.3 Å². The van der Waals surface area contributed by atoms with Gasteiger partial charge in [-0.05, 0) is 37.3 Å². The summed E-state index contributed by atoms with van der Waals surface area (Å²) in [6.45, 7) is 6.33. The molecule has 7 nitrogen and oxygen atoms in total. The van der Waals surface area contributed by atoms with E-state index in [1.54, 1.807) is 0 Å². The van der Waals surface area contributed by atoms with Crippen LogP contribution < -0.4 is 16.0 Å². The van der Waals surface area contributed by atoms with Crippen molar-refractivity contribution in [1.82, 2.24) is 10.3 Å². The maximum Gasteiger partial charge on any atom is 0.237 e. The molecule has 2 atom stereocenters. The molecule has 2 unspecified atom stereocenters. The van der Waals surface area contributed by atoms with Gasteiger partial charge in [0.1, 0.15) is 5.82 Å². The molecule has 1 aromatic heterocycles. The summed E-state index contributed by atoms with van der Waals surface area (Å²) in [7, 11) is 0. The van der Waals surface area contributed by atoms with Crippen molar-refractivity contribution in [2.75, 3.05) is 37.8 Å². The number of nitrogens with zero attached hydrogens (tertiary/aromatic N) is 2. The normalized spacial score (nSPS) is 21.6. The van der Waals surface area contributed by atoms with Gasteiger partial charge in [-0.2, -0.15) is 0 Å². The maximum absolute atomic E-state index is 12.2. The minimum atomic E-state index is -0.467. The minimum absolute atomic E-state index is 0. The van der Waals surface area contributed by atoms with Crippen molar-refractivity contribution >= 4 is 36.5 Å². The number of aromatic nitrogens is 1. The average Bonchev–Trinajstić information content (AvgIpc) is 2.66. The summed E-state index contributed by atoms with van der Waals surface area (Å²) >= 11 is 0. The summed E-state index contributed by atoms with van der Waals surface area (Å²) in [6, 6.07) is 3.53. The number of anilines is 1. The van der Waals surface area contributed by atoms with E-state index in [0.29, 0.717) is 19.8 Å². The zero-order valence-corrected chi connectivity index (χ0v) is 17.3. The second-order valence-electron chi connectivity index (χ2n) is 6.85. The Hall–Kier alpha value is -1.12. The molecule has 2 fully saturated rings. The van der Waals surface area contributed by atoms with Crippen molar-refractivity contribution in [3.63, 3.8) is 0 Å². The third kappa shape index (κ3) is 6.76. The second kappa shape index (κ2) is 11.7. The Morgan fingerprint density at radius 3 is 2.70 bits per heavy atom. The van der Waals surface area contributed by atoms with Gasteiger partial charge >= 0.3 is 0 Å². The van der Waals surface area contributed by atoms with Crippen LogP contribution in [0.4, 0.5) is 5.82 Å². The van der Waals surface area contributed by atoms with Crippen molar-refractivity contribution in [2.45, 2.75) is 38.5 Å². The van der Waals surface area contributed by atoms with Crippen LogP contribution in [0.25, 0.3) is 0 Å². The summed E-state index contributed by atoms with van der Waals surface area (Å²) in [5, 5.41) is 2.92. The Morgan fingerprint density at radius 2 is 2.07 bits per heavy atom. The van der Waals surface area contributed by atoms with E-state index in [2.05, 4.69) is 22.1 Å². The molecule has 27 heavy (non-hydrogen) atoms. The number of carbonyl (C=O) groups excluding carboxylic acids is 1. The molecule has 2 aliphatic rings. The average molecular weight is 421 g/mol. The standard InChI is InChI=1S/C18H28N4O3.2ClH/c1-13-12-22(6-9-25-13)16-3-2-14(10-20-16)11-21-18(23)17(19)15-4-7-24-8-5-15;;/h2-3,10,13,15,17H,4-9,11-12,19H2,1H3,(H,21,23);2*1H. The summed E-state index contributed by atoms with van der Waals surface area (Å²) in [5.41, 5.74) is 7.06. The number of halogens is 2. The molecule has 3 rings (SSSR count). The number of amides is 1. The highest BCUT2D eigenvalue weighted by Gasteiger charge is 2.26. The predicted molar refractivity (Wildman–Crippen MR) is 110 cm³/mol. The number of pyridine rings is 1. The van der Waals surface area contributed by atoms with Crippen LogP contribution in [-0.2, 0) is 20.8 Å². The molecule has 2 aliphatic heterocycles. The highest BCUT2D eigenvalue weighted by atomic mass is 35.5. The maximum atomic E-state index is 12.2. The molecule has 0 bridgehead atoms.